The number of nitrogens with zero attached hydrogens (tertiary/aromatic N) is 1. The molecule has 0 amide bonds. The topological polar surface area (TPSA) is 29.5 Å². The molecule has 2 heterocycles. The molecule has 3 nitrogen and oxygen atoms in total. The van der Waals surface area contributed by atoms with Gasteiger partial charge in [0, 0.05) is 43.9 Å². The molecular weight excluding hydrogens is 827 g/mol. The van der Waals surface area contributed by atoms with Crippen LogP contribution in [0.15, 0.2) is 251 Å². The van der Waals surface area contributed by atoms with Crippen molar-refractivity contribution in [3.63, 3.8) is 0 Å². The van der Waals surface area contributed by atoms with Crippen LogP contribution in [-0.4, -0.2) is 0 Å². The normalized spacial score (nSPS) is 14.1. The van der Waals surface area contributed by atoms with E-state index in [-0.39, 0.29) is 0 Å². The predicted octanol–water partition coefficient (Wildman–Crippen LogP) is 17.9. The van der Waals surface area contributed by atoms with Gasteiger partial charge in [0.25, 0.3) is 0 Å². The molecule has 12 aromatic rings. The van der Waals surface area contributed by atoms with E-state index in [0.29, 0.717) is 0 Å². The van der Waals surface area contributed by atoms with Gasteiger partial charge < -0.3 is 13.7 Å². The zero-order chi connectivity index (χ0) is 44.8. The maximum atomic E-state index is 6.78. The Hall–Kier alpha value is -8.66. The smallest absolute Gasteiger partial charge is 0.143 e. The molecule has 2 aliphatic rings. The van der Waals surface area contributed by atoms with Crippen molar-refractivity contribution in [1.29, 1.82) is 0 Å². The average molecular weight is 870 g/mol. The van der Waals surface area contributed by atoms with E-state index in [4.69, 9.17) is 8.83 Å². The molecule has 0 unspecified atom stereocenters. The maximum Gasteiger partial charge on any atom is 0.143 e. The van der Waals surface area contributed by atoms with Crippen LogP contribution in [0, 0.1) is 0 Å². The molecule has 0 fully saturated rings. The molecule has 14 rings (SSSR count). The van der Waals surface area contributed by atoms with Gasteiger partial charge in [0.1, 0.15) is 22.3 Å². The molecule has 3 heteroatoms. The van der Waals surface area contributed by atoms with E-state index in [2.05, 4.69) is 235 Å². The van der Waals surface area contributed by atoms with E-state index in [1.165, 1.54) is 33.4 Å². The van der Waals surface area contributed by atoms with Crippen molar-refractivity contribution in [2.75, 3.05) is 4.90 Å². The van der Waals surface area contributed by atoms with Crippen molar-refractivity contribution in [1.82, 2.24) is 0 Å². The lowest BCUT2D eigenvalue weighted by molar-refractivity contribution is 0.669. The molecule has 0 atom stereocenters. The lowest BCUT2D eigenvalue weighted by atomic mass is 9.66. The highest BCUT2D eigenvalue weighted by Crippen LogP contribution is 2.58. The van der Waals surface area contributed by atoms with Crippen LogP contribution in [0.4, 0.5) is 17.1 Å². The van der Waals surface area contributed by atoms with Crippen LogP contribution in [0.3, 0.4) is 0 Å². The minimum absolute atomic E-state index is 0.509. The summed E-state index contributed by atoms with van der Waals surface area (Å²) in [6, 6.07) is 81.6. The zero-order valence-corrected chi connectivity index (χ0v) is 37.2. The van der Waals surface area contributed by atoms with Gasteiger partial charge in [-0.1, -0.05) is 182 Å². The van der Waals surface area contributed by atoms with Crippen molar-refractivity contribution in [3.05, 3.63) is 264 Å². The van der Waals surface area contributed by atoms with Crippen molar-refractivity contribution < 1.29 is 8.83 Å². The highest BCUT2D eigenvalue weighted by molar-refractivity contribution is 6.20. The summed E-state index contributed by atoms with van der Waals surface area (Å²) in [6.45, 7) is 0. The number of hydrogen-bond donors (Lipinski definition) is 0. The molecule has 0 bridgehead atoms. The van der Waals surface area contributed by atoms with Gasteiger partial charge in [-0.25, -0.2) is 0 Å². The fraction of sp³-hybridized carbons (Fsp3) is 0.0462. The average Bonchev–Trinajstić information content (AvgIpc) is 4.08. The summed E-state index contributed by atoms with van der Waals surface area (Å²) in [5.74, 6) is 0. The summed E-state index contributed by atoms with van der Waals surface area (Å²) in [7, 11) is 0. The Balaban J connectivity index is 1.02. The molecule has 2 aromatic heterocycles. The number of benzene rings is 10. The van der Waals surface area contributed by atoms with Gasteiger partial charge in [0.15, 0.2) is 0 Å². The van der Waals surface area contributed by atoms with Gasteiger partial charge in [-0.05, 0) is 123 Å². The Kier molecular flexibility index (Phi) is 8.63. The van der Waals surface area contributed by atoms with Gasteiger partial charge in [-0.2, -0.15) is 0 Å². The van der Waals surface area contributed by atoms with Crippen molar-refractivity contribution in [3.8, 4) is 22.3 Å². The number of furan rings is 2. The van der Waals surface area contributed by atoms with Gasteiger partial charge in [0.2, 0.25) is 0 Å². The van der Waals surface area contributed by atoms with E-state index in [9.17, 15) is 0 Å². The van der Waals surface area contributed by atoms with E-state index in [1.54, 1.807) is 0 Å². The standard InChI is InChI=1S/C65H43NO2/c1-3-18-44(19-4-1)65(45-20-5-2-6-21-45)56-28-12-9-23-50(56)51-40-38-47(41-57(51)65)66(46-36-33-43(34-37-46)48-26-15-31-60-62(48)54-25-11-14-30-59(54)67-60)58-29-13-10-24-52(58)53-27-16-32-61-63(53)55-39-35-42-17-7-8-22-49(42)64(55)68-61/h1-8,10-22,24-41H,9,23H2. The molecule has 0 saturated heterocycles. The molecule has 0 aliphatic heterocycles. The van der Waals surface area contributed by atoms with Crippen molar-refractivity contribution >= 4 is 77.3 Å². The Morgan fingerprint density at radius 3 is 1.87 bits per heavy atom. The molecule has 68 heavy (non-hydrogen) atoms. The van der Waals surface area contributed by atoms with Crippen LogP contribution in [0.1, 0.15) is 35.1 Å². The zero-order valence-electron chi connectivity index (χ0n) is 37.2. The Morgan fingerprint density at radius 2 is 1.06 bits per heavy atom. The maximum absolute atomic E-state index is 6.78. The molecule has 10 aromatic carbocycles. The first-order valence-corrected chi connectivity index (χ1v) is 23.6. The van der Waals surface area contributed by atoms with Crippen LogP contribution in [0.5, 0.6) is 0 Å². The predicted molar refractivity (Wildman–Crippen MR) is 282 cm³/mol. The van der Waals surface area contributed by atoms with Crippen molar-refractivity contribution in [2.45, 2.75) is 18.3 Å². The minimum Gasteiger partial charge on any atom is -0.456 e. The number of hydrogen-bond acceptors (Lipinski definition) is 3. The lowest BCUT2D eigenvalue weighted by Crippen LogP contribution is -2.29. The van der Waals surface area contributed by atoms with Gasteiger partial charge >= 0.3 is 0 Å². The summed E-state index contributed by atoms with van der Waals surface area (Å²) in [4.78, 5) is 2.47. The third-order valence-electron chi connectivity index (χ3n) is 14.6. The molecule has 0 N–H and O–H groups in total. The first-order chi connectivity index (χ1) is 33.7. The monoisotopic (exact) mass is 869 g/mol. The first-order valence-electron chi connectivity index (χ1n) is 23.6. The summed E-state index contributed by atoms with van der Waals surface area (Å²) in [5, 5.41) is 6.76. The van der Waals surface area contributed by atoms with Crippen LogP contribution in [0.25, 0.3) is 82.5 Å². The van der Waals surface area contributed by atoms with Crippen LogP contribution in [-0.2, 0) is 5.41 Å². The summed E-state index contributed by atoms with van der Waals surface area (Å²) < 4.78 is 13.1. The van der Waals surface area contributed by atoms with Gasteiger partial charge in [0.05, 0.1) is 11.1 Å². The summed E-state index contributed by atoms with van der Waals surface area (Å²) in [5.41, 5.74) is 18.8. The molecular formula is C65H43NO2. The fourth-order valence-electron chi connectivity index (χ4n) is 11.8. The number of anilines is 3. The molecule has 0 saturated carbocycles. The van der Waals surface area contributed by atoms with E-state index in [1.807, 2.05) is 6.07 Å². The lowest BCUT2D eigenvalue weighted by Gasteiger charge is -2.36. The van der Waals surface area contributed by atoms with Gasteiger partial charge in [-0.3, -0.25) is 0 Å². The highest BCUT2D eigenvalue weighted by atomic mass is 16.3. The SMILES string of the molecule is C1=CC2=C(CC1)c1ccc(N(c3ccc(-c4cccc5oc6ccccc6c45)cc3)c3ccccc3-c3cccc4oc5c6ccccc6ccc5c34)cc1C2(c1ccccc1)c1ccccc1. The largest absolute Gasteiger partial charge is 0.456 e. The summed E-state index contributed by atoms with van der Waals surface area (Å²) in [6.07, 6.45) is 6.81. The Morgan fingerprint density at radius 1 is 0.426 bits per heavy atom. The van der Waals surface area contributed by atoms with Crippen LogP contribution in [0.2, 0.25) is 0 Å². The number of fused-ring (bicyclic) bond motifs is 10. The highest BCUT2D eigenvalue weighted by Gasteiger charge is 2.47. The van der Waals surface area contributed by atoms with E-state index < -0.39 is 5.41 Å². The second-order valence-corrected chi connectivity index (χ2v) is 18.2. The van der Waals surface area contributed by atoms with Crippen LogP contribution >= 0.6 is 0 Å². The van der Waals surface area contributed by atoms with E-state index in [0.717, 1.165) is 107 Å². The minimum atomic E-state index is -0.509. The van der Waals surface area contributed by atoms with Crippen molar-refractivity contribution in [2.24, 2.45) is 0 Å². The number of rotatable bonds is 7. The Bertz CT molecular complexity index is 3980. The molecule has 0 spiro atoms. The quantitative estimate of drug-likeness (QED) is 0.160. The van der Waals surface area contributed by atoms with E-state index >= 15 is 0 Å². The molecule has 320 valence electrons. The fourth-order valence-corrected chi connectivity index (χ4v) is 11.8. The Labute approximate surface area is 394 Å². The summed E-state index contributed by atoms with van der Waals surface area (Å²) >= 11 is 0. The molecule has 2 aliphatic carbocycles. The number of para-hydroxylation sites is 2. The first kappa shape index (κ1) is 38.6. The second-order valence-electron chi connectivity index (χ2n) is 18.2. The second kappa shape index (κ2) is 15.2. The van der Waals surface area contributed by atoms with Gasteiger partial charge in [-0.15, -0.1) is 0 Å². The molecule has 0 radical (unpaired) electrons. The third-order valence-corrected chi connectivity index (χ3v) is 14.6. The third kappa shape index (κ3) is 5.66. The number of allylic oxidation sites excluding steroid dienone is 4. The van der Waals surface area contributed by atoms with Crippen LogP contribution < -0.4 is 4.90 Å².